The Morgan fingerprint density at radius 3 is 2.53 bits per heavy atom. The first kappa shape index (κ1) is 12.9. The molecule has 1 amide bonds. The summed E-state index contributed by atoms with van der Waals surface area (Å²) in [6, 6.07) is 8.29. The highest BCUT2D eigenvalue weighted by molar-refractivity contribution is 5.86. The van der Waals surface area contributed by atoms with E-state index in [0.29, 0.717) is 0 Å². The molecule has 1 rings (SSSR count). The Morgan fingerprint density at radius 1 is 1.35 bits per heavy atom. The number of carbonyl (C=O) groups excluding carboxylic acids is 1. The van der Waals surface area contributed by atoms with Crippen LogP contribution in [0, 0.1) is 0 Å². The molecule has 0 saturated heterocycles. The summed E-state index contributed by atoms with van der Waals surface area (Å²) in [4.78, 5) is 21.9. The molecule has 90 valence electrons. The van der Waals surface area contributed by atoms with Crippen LogP contribution in [0.5, 0.6) is 0 Å². The van der Waals surface area contributed by atoms with Crippen LogP contribution in [0.4, 0.5) is 0 Å². The normalized spacial score (nSPS) is 11.5. The van der Waals surface area contributed by atoms with Gasteiger partial charge in [-0.3, -0.25) is 15.0 Å². The molecule has 0 aliphatic heterocycles. The van der Waals surface area contributed by atoms with E-state index in [4.69, 9.17) is 5.11 Å². The molecule has 0 fully saturated rings. The van der Waals surface area contributed by atoms with Gasteiger partial charge in [-0.05, 0) is 11.6 Å². The highest BCUT2D eigenvalue weighted by atomic mass is 16.4. The average Bonchev–Trinajstić information content (AvgIpc) is 2.34. The molecule has 1 atom stereocenters. The summed E-state index contributed by atoms with van der Waals surface area (Å²) in [5.41, 5.74) is 5.57. The predicted octanol–water partition coefficient (Wildman–Crippen LogP) is 0.489. The molecule has 0 aliphatic carbocycles. The van der Waals surface area contributed by atoms with E-state index in [2.05, 4.69) is 17.4 Å². The number of nitrogens with one attached hydrogen (secondary N) is 2. The van der Waals surface area contributed by atoms with Gasteiger partial charge in [0.1, 0.15) is 6.04 Å². The number of hydrogen-bond acceptors (Lipinski definition) is 3. The first-order chi connectivity index (χ1) is 8.13. The minimum atomic E-state index is -1.03. The molecular weight excluding hydrogens is 220 g/mol. The predicted molar refractivity (Wildman–Crippen MR) is 63.0 cm³/mol. The molecule has 0 aliphatic rings. The lowest BCUT2D eigenvalue weighted by Gasteiger charge is -2.14. The van der Waals surface area contributed by atoms with Crippen molar-refractivity contribution in [2.24, 2.45) is 0 Å². The maximum Gasteiger partial charge on any atom is 0.322 e. The fourth-order valence-corrected chi connectivity index (χ4v) is 1.26. The number of aliphatic carboxylic acids is 1. The van der Waals surface area contributed by atoms with Gasteiger partial charge in [0.25, 0.3) is 5.91 Å². The van der Waals surface area contributed by atoms with E-state index >= 15 is 0 Å². The van der Waals surface area contributed by atoms with E-state index < -0.39 is 17.9 Å². The number of hydrazine groups is 1. The molecule has 0 aromatic heterocycles. The second-order valence-electron chi connectivity index (χ2n) is 3.42. The quantitative estimate of drug-likeness (QED) is 0.494. The zero-order valence-corrected chi connectivity index (χ0v) is 9.22. The maximum absolute atomic E-state index is 11.0. The molecule has 17 heavy (non-hydrogen) atoms. The highest BCUT2D eigenvalue weighted by Crippen LogP contribution is 2.02. The Kier molecular flexibility index (Phi) is 4.90. The van der Waals surface area contributed by atoms with Crippen LogP contribution in [-0.2, 0) is 16.0 Å². The number of benzene rings is 1. The van der Waals surface area contributed by atoms with Crippen LogP contribution in [0.15, 0.2) is 43.0 Å². The lowest BCUT2D eigenvalue weighted by atomic mass is 10.1. The van der Waals surface area contributed by atoms with Crippen molar-refractivity contribution in [2.45, 2.75) is 12.5 Å². The van der Waals surface area contributed by atoms with Gasteiger partial charge in [-0.15, -0.1) is 0 Å². The molecule has 5 nitrogen and oxygen atoms in total. The smallest absolute Gasteiger partial charge is 0.322 e. The van der Waals surface area contributed by atoms with Crippen molar-refractivity contribution in [3.05, 3.63) is 48.6 Å². The topological polar surface area (TPSA) is 78.4 Å². The van der Waals surface area contributed by atoms with Gasteiger partial charge in [-0.25, -0.2) is 5.43 Å². The molecule has 0 heterocycles. The third kappa shape index (κ3) is 4.48. The van der Waals surface area contributed by atoms with Gasteiger partial charge in [0.2, 0.25) is 0 Å². The van der Waals surface area contributed by atoms with Crippen LogP contribution in [0.3, 0.4) is 0 Å². The minimum absolute atomic E-state index is 0.285. The SMILES string of the molecule is C=CC(=O)NNC(Cc1ccccc1)C(=O)O. The van der Waals surface area contributed by atoms with E-state index in [9.17, 15) is 9.59 Å². The van der Waals surface area contributed by atoms with Crippen molar-refractivity contribution in [2.75, 3.05) is 0 Å². The first-order valence-electron chi connectivity index (χ1n) is 5.08. The molecule has 0 bridgehead atoms. The van der Waals surface area contributed by atoms with Crippen molar-refractivity contribution in [3.8, 4) is 0 Å². The number of carboxylic acid groups (broad SMARTS) is 1. The monoisotopic (exact) mass is 234 g/mol. The van der Waals surface area contributed by atoms with Crippen LogP contribution in [0.1, 0.15) is 5.56 Å². The maximum atomic E-state index is 11.0. The van der Waals surface area contributed by atoms with Crippen molar-refractivity contribution < 1.29 is 14.7 Å². The van der Waals surface area contributed by atoms with Crippen molar-refractivity contribution >= 4 is 11.9 Å². The van der Waals surface area contributed by atoms with Gasteiger partial charge in [0.15, 0.2) is 0 Å². The zero-order valence-electron chi connectivity index (χ0n) is 9.22. The Balaban J connectivity index is 2.58. The summed E-state index contributed by atoms with van der Waals surface area (Å²) in [5, 5.41) is 8.98. The Hall–Kier alpha value is -2.14. The molecule has 1 aromatic carbocycles. The Morgan fingerprint density at radius 2 is 2.00 bits per heavy atom. The first-order valence-corrected chi connectivity index (χ1v) is 5.08. The van der Waals surface area contributed by atoms with E-state index in [0.717, 1.165) is 11.6 Å². The summed E-state index contributed by atoms with van der Waals surface area (Å²) in [5.74, 6) is -1.50. The second-order valence-corrected chi connectivity index (χ2v) is 3.42. The van der Waals surface area contributed by atoms with Gasteiger partial charge < -0.3 is 5.11 Å². The molecule has 1 aromatic rings. The van der Waals surface area contributed by atoms with Gasteiger partial charge in [-0.1, -0.05) is 36.9 Å². The Bertz CT molecular complexity index is 403. The number of carboxylic acids is 1. The molecule has 5 heteroatoms. The lowest BCUT2D eigenvalue weighted by molar-refractivity contribution is -0.139. The van der Waals surface area contributed by atoms with Gasteiger partial charge in [0.05, 0.1) is 0 Å². The second kappa shape index (κ2) is 6.44. The number of hydrogen-bond donors (Lipinski definition) is 3. The zero-order chi connectivity index (χ0) is 12.7. The molecule has 0 saturated carbocycles. The van der Waals surface area contributed by atoms with Crippen LogP contribution in [0.25, 0.3) is 0 Å². The van der Waals surface area contributed by atoms with E-state index in [1.54, 1.807) is 0 Å². The fraction of sp³-hybridized carbons (Fsp3) is 0.167. The average molecular weight is 234 g/mol. The molecule has 3 N–H and O–H groups in total. The van der Waals surface area contributed by atoms with E-state index in [1.807, 2.05) is 30.3 Å². The molecule has 0 spiro atoms. The summed E-state index contributed by atoms with van der Waals surface area (Å²) >= 11 is 0. The van der Waals surface area contributed by atoms with E-state index in [-0.39, 0.29) is 6.42 Å². The van der Waals surface area contributed by atoms with Crippen molar-refractivity contribution in [1.82, 2.24) is 10.9 Å². The molecule has 1 unspecified atom stereocenters. The largest absolute Gasteiger partial charge is 0.480 e. The third-order valence-electron chi connectivity index (χ3n) is 2.14. The molecule has 0 radical (unpaired) electrons. The number of rotatable bonds is 6. The minimum Gasteiger partial charge on any atom is -0.480 e. The Labute approximate surface area is 99.1 Å². The standard InChI is InChI=1S/C12H14N2O3/c1-2-11(15)14-13-10(12(16)17)8-9-6-4-3-5-7-9/h2-7,10,13H,1,8H2,(H,14,15)(H,16,17). The number of amides is 1. The number of carbonyl (C=O) groups is 2. The molecular formula is C12H14N2O3. The third-order valence-corrected chi connectivity index (χ3v) is 2.14. The van der Waals surface area contributed by atoms with Gasteiger partial charge >= 0.3 is 5.97 Å². The van der Waals surface area contributed by atoms with Crippen LogP contribution in [-0.4, -0.2) is 23.0 Å². The van der Waals surface area contributed by atoms with Crippen LogP contribution >= 0.6 is 0 Å². The summed E-state index contributed by atoms with van der Waals surface area (Å²) in [6.45, 7) is 3.27. The van der Waals surface area contributed by atoms with Crippen molar-refractivity contribution in [3.63, 3.8) is 0 Å². The van der Waals surface area contributed by atoms with Gasteiger partial charge in [0, 0.05) is 6.42 Å². The summed E-state index contributed by atoms with van der Waals surface area (Å²) in [7, 11) is 0. The summed E-state index contributed by atoms with van der Waals surface area (Å²) < 4.78 is 0. The van der Waals surface area contributed by atoms with Crippen LogP contribution in [0.2, 0.25) is 0 Å². The lowest BCUT2D eigenvalue weighted by Crippen LogP contribution is -2.48. The van der Waals surface area contributed by atoms with Gasteiger partial charge in [-0.2, -0.15) is 0 Å². The van der Waals surface area contributed by atoms with Crippen LogP contribution < -0.4 is 10.9 Å². The van der Waals surface area contributed by atoms with E-state index in [1.165, 1.54) is 0 Å². The fourth-order valence-electron chi connectivity index (χ4n) is 1.26. The summed E-state index contributed by atoms with van der Waals surface area (Å²) in [6.07, 6.45) is 1.35. The highest BCUT2D eigenvalue weighted by Gasteiger charge is 2.17. The van der Waals surface area contributed by atoms with Crippen molar-refractivity contribution in [1.29, 1.82) is 0 Å².